The number of anilines is 1. The highest BCUT2D eigenvalue weighted by molar-refractivity contribution is 5.50. The Hall–Kier alpha value is -2.37. The number of nitrogens with two attached hydrogens (primary N) is 1. The topological polar surface area (TPSA) is 50.5 Å². The lowest BCUT2D eigenvalue weighted by Gasteiger charge is -2.35. The first-order valence-corrected chi connectivity index (χ1v) is 11.9. The van der Waals surface area contributed by atoms with Gasteiger partial charge in [-0.3, -0.25) is 0 Å². The van der Waals surface area contributed by atoms with Crippen molar-refractivity contribution in [1.82, 2.24) is 5.32 Å². The van der Waals surface area contributed by atoms with Crippen LogP contribution in [-0.2, 0) is 6.61 Å². The molecule has 5 heteroatoms. The zero-order valence-electron chi connectivity index (χ0n) is 21.2. The molecule has 0 unspecified atom stereocenters. The molecule has 0 aromatic heterocycles. The van der Waals surface area contributed by atoms with Crippen molar-refractivity contribution in [3.8, 4) is 5.75 Å². The molecular weight excluding hydrogens is 413 g/mol. The Morgan fingerprint density at radius 3 is 2.30 bits per heavy atom. The van der Waals surface area contributed by atoms with Crippen LogP contribution in [0.15, 0.2) is 60.2 Å². The molecule has 0 amide bonds. The Balaban J connectivity index is 2.03. The van der Waals surface area contributed by atoms with E-state index in [1.54, 1.807) is 12.1 Å². The van der Waals surface area contributed by atoms with Crippen LogP contribution in [0.2, 0.25) is 0 Å². The maximum absolute atomic E-state index is 13.1. The number of nitrogens with one attached hydrogen (secondary N) is 1. The molecule has 33 heavy (non-hydrogen) atoms. The van der Waals surface area contributed by atoms with Gasteiger partial charge in [0, 0.05) is 36.9 Å². The van der Waals surface area contributed by atoms with E-state index >= 15 is 0 Å². The minimum absolute atomic E-state index is 0.0954. The van der Waals surface area contributed by atoms with Gasteiger partial charge in [0.2, 0.25) is 0 Å². The first kappa shape index (κ1) is 26.9. The van der Waals surface area contributed by atoms with Crippen LogP contribution in [-0.4, -0.2) is 31.2 Å². The van der Waals surface area contributed by atoms with Crippen molar-refractivity contribution < 1.29 is 9.13 Å². The minimum atomic E-state index is -0.237. The second-order valence-electron chi connectivity index (χ2n) is 10.2. The van der Waals surface area contributed by atoms with Gasteiger partial charge in [-0.25, -0.2) is 4.39 Å². The molecule has 0 spiro atoms. The summed E-state index contributed by atoms with van der Waals surface area (Å²) in [5.74, 6) is 1.16. The van der Waals surface area contributed by atoms with Crippen LogP contribution in [0.3, 0.4) is 0 Å². The number of hydrogen-bond donors (Lipinski definition) is 2. The van der Waals surface area contributed by atoms with E-state index in [0.717, 1.165) is 43.1 Å². The molecule has 1 atom stereocenters. The third-order valence-corrected chi connectivity index (χ3v) is 5.44. The summed E-state index contributed by atoms with van der Waals surface area (Å²) in [7, 11) is 0. The van der Waals surface area contributed by atoms with Crippen LogP contribution in [0.1, 0.15) is 53.5 Å². The fourth-order valence-corrected chi connectivity index (χ4v) is 3.68. The predicted octanol–water partition coefficient (Wildman–Crippen LogP) is 5.92. The van der Waals surface area contributed by atoms with Gasteiger partial charge < -0.3 is 20.7 Å². The van der Waals surface area contributed by atoms with E-state index in [0.29, 0.717) is 12.5 Å². The lowest BCUT2D eigenvalue weighted by molar-refractivity contribution is 0.306. The lowest BCUT2D eigenvalue weighted by Crippen LogP contribution is -2.52. The van der Waals surface area contributed by atoms with Gasteiger partial charge in [-0.05, 0) is 82.0 Å². The standard InChI is InChI=1S/C28H42FN3O/c1-21(2)15-16-32(20-28(5,6)31-18-25(30)17-22(3)4)26-11-13-27(14-12-26)33-19-23-7-9-24(29)10-8-23/h7-15,22,25,31H,16-20,30H2,1-6H3/t25-/m0/s1. The van der Waals surface area contributed by atoms with Crippen LogP contribution >= 0.6 is 0 Å². The summed E-state index contributed by atoms with van der Waals surface area (Å²) in [5.41, 5.74) is 9.58. The molecule has 0 bridgehead atoms. The molecule has 4 nitrogen and oxygen atoms in total. The van der Waals surface area contributed by atoms with E-state index in [4.69, 9.17) is 10.5 Å². The molecular formula is C28H42FN3O. The van der Waals surface area contributed by atoms with Gasteiger partial charge in [0.1, 0.15) is 18.2 Å². The number of hydrogen-bond acceptors (Lipinski definition) is 4. The van der Waals surface area contributed by atoms with Crippen molar-refractivity contribution in [2.24, 2.45) is 11.7 Å². The van der Waals surface area contributed by atoms with Crippen molar-refractivity contribution in [2.75, 3.05) is 24.5 Å². The number of allylic oxidation sites excluding steroid dienone is 1. The molecule has 0 saturated heterocycles. The first-order chi connectivity index (χ1) is 15.5. The molecule has 2 aromatic carbocycles. The molecule has 0 heterocycles. The third-order valence-electron chi connectivity index (χ3n) is 5.44. The fourth-order valence-electron chi connectivity index (χ4n) is 3.68. The Bertz CT molecular complexity index is 856. The zero-order valence-corrected chi connectivity index (χ0v) is 21.2. The fraction of sp³-hybridized carbons (Fsp3) is 0.500. The molecule has 0 saturated carbocycles. The maximum atomic E-state index is 13.1. The number of rotatable bonds is 13. The summed E-state index contributed by atoms with van der Waals surface area (Å²) in [6, 6.07) is 14.7. The second-order valence-corrected chi connectivity index (χ2v) is 10.2. The predicted molar refractivity (Wildman–Crippen MR) is 138 cm³/mol. The Morgan fingerprint density at radius 2 is 1.73 bits per heavy atom. The van der Waals surface area contributed by atoms with Crippen LogP contribution in [0, 0.1) is 11.7 Å². The lowest BCUT2D eigenvalue weighted by atomic mass is 10.0. The SMILES string of the molecule is CC(C)=CCN(CC(C)(C)NC[C@@H](N)CC(C)C)c1ccc(OCc2ccc(F)cc2)cc1. The summed E-state index contributed by atoms with van der Waals surface area (Å²) in [5, 5.41) is 3.67. The minimum Gasteiger partial charge on any atom is -0.489 e. The summed E-state index contributed by atoms with van der Waals surface area (Å²) in [6.07, 6.45) is 3.27. The van der Waals surface area contributed by atoms with Crippen molar-refractivity contribution in [3.05, 3.63) is 71.6 Å². The van der Waals surface area contributed by atoms with Gasteiger partial charge in [0.25, 0.3) is 0 Å². The molecule has 0 fully saturated rings. The van der Waals surface area contributed by atoms with Crippen molar-refractivity contribution in [2.45, 2.75) is 66.2 Å². The Morgan fingerprint density at radius 1 is 1.09 bits per heavy atom. The summed E-state index contributed by atoms with van der Waals surface area (Å²) in [4.78, 5) is 2.37. The molecule has 0 aliphatic rings. The first-order valence-electron chi connectivity index (χ1n) is 11.9. The average molecular weight is 456 g/mol. The van der Waals surface area contributed by atoms with Crippen LogP contribution < -0.4 is 20.7 Å². The van der Waals surface area contributed by atoms with Gasteiger partial charge in [-0.2, -0.15) is 0 Å². The van der Waals surface area contributed by atoms with E-state index in [1.807, 2.05) is 12.1 Å². The van der Waals surface area contributed by atoms with Gasteiger partial charge in [-0.1, -0.05) is 37.6 Å². The average Bonchev–Trinajstić information content (AvgIpc) is 2.75. The van der Waals surface area contributed by atoms with Crippen LogP contribution in [0.5, 0.6) is 5.75 Å². The Labute approximate surface area is 200 Å². The van der Waals surface area contributed by atoms with Crippen LogP contribution in [0.25, 0.3) is 0 Å². The monoisotopic (exact) mass is 455 g/mol. The van der Waals surface area contributed by atoms with Gasteiger partial charge >= 0.3 is 0 Å². The molecule has 0 aliphatic heterocycles. The van der Waals surface area contributed by atoms with E-state index < -0.39 is 0 Å². The summed E-state index contributed by atoms with van der Waals surface area (Å²) < 4.78 is 19.0. The molecule has 0 aliphatic carbocycles. The van der Waals surface area contributed by atoms with E-state index in [2.05, 4.69) is 70.0 Å². The van der Waals surface area contributed by atoms with Gasteiger partial charge in [0.15, 0.2) is 0 Å². The maximum Gasteiger partial charge on any atom is 0.123 e. The molecule has 182 valence electrons. The normalized spacial score (nSPS) is 12.5. The molecule has 2 rings (SSSR count). The second kappa shape index (κ2) is 12.8. The highest BCUT2D eigenvalue weighted by Crippen LogP contribution is 2.22. The largest absolute Gasteiger partial charge is 0.489 e. The highest BCUT2D eigenvalue weighted by atomic mass is 19.1. The number of benzene rings is 2. The van der Waals surface area contributed by atoms with Crippen LogP contribution in [0.4, 0.5) is 10.1 Å². The number of nitrogens with zero attached hydrogens (tertiary/aromatic N) is 1. The smallest absolute Gasteiger partial charge is 0.123 e. The van der Waals surface area contributed by atoms with E-state index in [-0.39, 0.29) is 17.4 Å². The zero-order chi connectivity index (χ0) is 24.4. The highest BCUT2D eigenvalue weighted by Gasteiger charge is 2.22. The molecule has 0 radical (unpaired) electrons. The van der Waals surface area contributed by atoms with Gasteiger partial charge in [-0.15, -0.1) is 0 Å². The quantitative estimate of drug-likeness (QED) is 0.368. The molecule has 3 N–H and O–H groups in total. The summed E-state index contributed by atoms with van der Waals surface area (Å²) in [6.45, 7) is 16.0. The summed E-state index contributed by atoms with van der Waals surface area (Å²) >= 11 is 0. The van der Waals surface area contributed by atoms with E-state index in [1.165, 1.54) is 17.7 Å². The Kier molecular flexibility index (Phi) is 10.4. The third kappa shape index (κ3) is 10.4. The number of ether oxygens (including phenoxy) is 1. The van der Waals surface area contributed by atoms with E-state index in [9.17, 15) is 4.39 Å². The van der Waals surface area contributed by atoms with Crippen molar-refractivity contribution in [1.29, 1.82) is 0 Å². The van der Waals surface area contributed by atoms with Crippen molar-refractivity contribution >= 4 is 5.69 Å². The number of halogens is 1. The molecule has 2 aromatic rings. The van der Waals surface area contributed by atoms with Crippen molar-refractivity contribution in [3.63, 3.8) is 0 Å². The van der Waals surface area contributed by atoms with Gasteiger partial charge in [0.05, 0.1) is 0 Å².